The Morgan fingerprint density at radius 2 is 2.21 bits per heavy atom. The fraction of sp³-hybridized carbons (Fsp3) is 0.611. The predicted octanol–water partition coefficient (Wildman–Crippen LogP) is 3.69. The van der Waals surface area contributed by atoms with Crippen molar-refractivity contribution in [2.75, 3.05) is 5.32 Å². The van der Waals surface area contributed by atoms with E-state index in [1.54, 1.807) is 6.20 Å². The van der Waals surface area contributed by atoms with Crippen LogP contribution >= 0.6 is 0 Å². The maximum absolute atomic E-state index is 12.4. The molecule has 0 bridgehead atoms. The van der Waals surface area contributed by atoms with Crippen LogP contribution in [0.2, 0.25) is 0 Å². The quantitative estimate of drug-likeness (QED) is 0.908. The maximum Gasteiger partial charge on any atom is 0.229 e. The molecule has 1 aliphatic carbocycles. The van der Waals surface area contributed by atoms with E-state index in [1.807, 2.05) is 39.8 Å². The zero-order valence-electron chi connectivity index (χ0n) is 14.9. The topological polar surface area (TPSA) is 69.0 Å². The zero-order valence-corrected chi connectivity index (χ0v) is 14.9. The van der Waals surface area contributed by atoms with Crippen molar-refractivity contribution in [1.82, 2.24) is 14.5 Å². The second-order valence-corrected chi connectivity index (χ2v) is 7.53. The molecule has 1 fully saturated rings. The van der Waals surface area contributed by atoms with Crippen LogP contribution in [-0.2, 0) is 9.53 Å². The number of aromatic nitrogens is 3. The molecule has 1 N–H and O–H groups in total. The molecular formula is C18H26N4O2. The van der Waals surface area contributed by atoms with Crippen LogP contribution < -0.4 is 5.32 Å². The summed E-state index contributed by atoms with van der Waals surface area (Å²) in [7, 11) is 0. The molecule has 130 valence electrons. The molecular weight excluding hydrogens is 304 g/mol. The van der Waals surface area contributed by atoms with E-state index < -0.39 is 0 Å². The first kappa shape index (κ1) is 16.9. The number of imidazole rings is 1. The predicted molar refractivity (Wildman–Crippen MR) is 94.0 cm³/mol. The summed E-state index contributed by atoms with van der Waals surface area (Å²) in [5, 5.41) is 2.96. The monoisotopic (exact) mass is 330 g/mol. The molecule has 6 heteroatoms. The van der Waals surface area contributed by atoms with Gasteiger partial charge in [-0.2, -0.15) is 0 Å². The number of hydrogen-bond donors (Lipinski definition) is 1. The summed E-state index contributed by atoms with van der Waals surface area (Å²) in [5.41, 5.74) is 1.40. The van der Waals surface area contributed by atoms with E-state index >= 15 is 0 Å². The van der Waals surface area contributed by atoms with Gasteiger partial charge in [0.2, 0.25) is 11.9 Å². The molecule has 1 aliphatic rings. The third-order valence-electron chi connectivity index (χ3n) is 4.17. The second-order valence-electron chi connectivity index (χ2n) is 7.53. The van der Waals surface area contributed by atoms with Crippen molar-refractivity contribution in [3.63, 3.8) is 0 Å². The average Bonchev–Trinajstić information content (AvgIpc) is 2.73. The molecule has 3 rings (SSSR count). The van der Waals surface area contributed by atoms with Crippen molar-refractivity contribution in [2.24, 2.45) is 0 Å². The van der Waals surface area contributed by atoms with E-state index in [-0.39, 0.29) is 17.6 Å². The molecule has 0 unspecified atom stereocenters. The van der Waals surface area contributed by atoms with Gasteiger partial charge in [0.15, 0.2) is 5.65 Å². The molecule has 0 spiro atoms. The van der Waals surface area contributed by atoms with Crippen LogP contribution in [0.1, 0.15) is 59.4 Å². The van der Waals surface area contributed by atoms with Crippen LogP contribution in [0.5, 0.6) is 0 Å². The van der Waals surface area contributed by atoms with Gasteiger partial charge in [-0.15, -0.1) is 0 Å². The molecule has 0 aliphatic heterocycles. The number of nitrogens with zero attached hydrogens (tertiary/aromatic N) is 3. The number of ether oxygens (including phenoxy) is 1. The van der Waals surface area contributed by atoms with E-state index in [0.29, 0.717) is 18.4 Å². The summed E-state index contributed by atoms with van der Waals surface area (Å²) in [5.74, 6) is 0.518. The number of hydrogen-bond acceptors (Lipinski definition) is 4. The Balaban J connectivity index is 1.76. The highest BCUT2D eigenvalue weighted by molar-refractivity contribution is 5.91. The van der Waals surface area contributed by atoms with E-state index in [4.69, 9.17) is 4.74 Å². The van der Waals surface area contributed by atoms with Crippen molar-refractivity contribution in [3.8, 4) is 0 Å². The number of nitrogens with one attached hydrogen (secondary N) is 1. The van der Waals surface area contributed by atoms with Gasteiger partial charge in [-0.05, 0) is 59.1 Å². The fourth-order valence-electron chi connectivity index (χ4n) is 3.09. The zero-order chi connectivity index (χ0) is 17.3. The Hall–Kier alpha value is -1.95. The summed E-state index contributed by atoms with van der Waals surface area (Å²) in [6, 6.07) is 4.17. The van der Waals surface area contributed by atoms with Crippen LogP contribution in [0.4, 0.5) is 5.95 Å². The van der Waals surface area contributed by atoms with Gasteiger partial charge in [0.05, 0.1) is 18.1 Å². The van der Waals surface area contributed by atoms with Crippen LogP contribution in [0, 0.1) is 0 Å². The molecule has 1 atom stereocenters. The van der Waals surface area contributed by atoms with Gasteiger partial charge in [-0.1, -0.05) is 0 Å². The first-order valence-corrected chi connectivity index (χ1v) is 8.64. The molecule has 2 aromatic rings. The van der Waals surface area contributed by atoms with Crippen molar-refractivity contribution < 1.29 is 9.53 Å². The summed E-state index contributed by atoms with van der Waals surface area (Å²) < 4.78 is 7.89. The van der Waals surface area contributed by atoms with Crippen molar-refractivity contribution in [2.45, 2.75) is 71.1 Å². The first-order valence-electron chi connectivity index (χ1n) is 8.64. The van der Waals surface area contributed by atoms with E-state index in [1.165, 1.54) is 6.42 Å². The van der Waals surface area contributed by atoms with Crippen molar-refractivity contribution >= 4 is 23.0 Å². The maximum atomic E-state index is 12.4. The molecule has 1 amide bonds. The Morgan fingerprint density at radius 3 is 2.83 bits per heavy atom. The van der Waals surface area contributed by atoms with Crippen LogP contribution in [0.15, 0.2) is 18.3 Å². The van der Waals surface area contributed by atoms with E-state index in [0.717, 1.165) is 24.0 Å². The molecule has 1 saturated carbocycles. The SMILES string of the molecule is C[C@@H](CC(=O)Nc1nc2cccnc2n1C1CCC1)OC(C)(C)C. The minimum absolute atomic E-state index is 0.0809. The number of amides is 1. The van der Waals surface area contributed by atoms with Crippen LogP contribution in [0.25, 0.3) is 11.2 Å². The number of rotatable bonds is 5. The van der Waals surface area contributed by atoms with Crippen LogP contribution in [-0.4, -0.2) is 32.1 Å². The summed E-state index contributed by atoms with van der Waals surface area (Å²) >= 11 is 0. The smallest absolute Gasteiger partial charge is 0.229 e. The first-order chi connectivity index (χ1) is 11.3. The number of carbonyl (C=O) groups is 1. The Morgan fingerprint density at radius 1 is 1.46 bits per heavy atom. The lowest BCUT2D eigenvalue weighted by Crippen LogP contribution is -2.29. The molecule has 24 heavy (non-hydrogen) atoms. The van der Waals surface area contributed by atoms with Gasteiger partial charge in [0.25, 0.3) is 0 Å². The van der Waals surface area contributed by atoms with Crippen molar-refractivity contribution in [1.29, 1.82) is 0 Å². The van der Waals surface area contributed by atoms with E-state index in [9.17, 15) is 4.79 Å². The van der Waals surface area contributed by atoms with Crippen LogP contribution in [0.3, 0.4) is 0 Å². The van der Waals surface area contributed by atoms with Gasteiger partial charge in [-0.3, -0.25) is 14.7 Å². The molecule has 2 aromatic heterocycles. The average molecular weight is 330 g/mol. The highest BCUT2D eigenvalue weighted by atomic mass is 16.5. The lowest BCUT2D eigenvalue weighted by atomic mass is 9.93. The van der Waals surface area contributed by atoms with E-state index in [2.05, 4.69) is 19.9 Å². The number of carbonyl (C=O) groups excluding carboxylic acids is 1. The summed E-state index contributed by atoms with van der Waals surface area (Å²) in [4.78, 5) is 21.4. The number of pyridine rings is 1. The Bertz CT molecular complexity index is 728. The molecule has 6 nitrogen and oxygen atoms in total. The van der Waals surface area contributed by atoms with Gasteiger partial charge >= 0.3 is 0 Å². The molecule has 0 aromatic carbocycles. The van der Waals surface area contributed by atoms with Gasteiger partial charge in [-0.25, -0.2) is 9.97 Å². The fourth-order valence-corrected chi connectivity index (χ4v) is 3.09. The Kier molecular flexibility index (Phi) is 4.58. The van der Waals surface area contributed by atoms with Crippen molar-refractivity contribution in [3.05, 3.63) is 18.3 Å². The normalized spacial score (nSPS) is 16.8. The lowest BCUT2D eigenvalue weighted by molar-refractivity contribution is -0.121. The number of fused-ring (bicyclic) bond motifs is 1. The molecule has 0 radical (unpaired) electrons. The third kappa shape index (κ3) is 3.75. The lowest BCUT2D eigenvalue weighted by Gasteiger charge is -2.28. The Labute approximate surface area is 142 Å². The molecule has 2 heterocycles. The summed E-state index contributed by atoms with van der Waals surface area (Å²) in [6.07, 6.45) is 5.34. The highest BCUT2D eigenvalue weighted by Crippen LogP contribution is 2.36. The second kappa shape index (κ2) is 6.51. The largest absolute Gasteiger partial charge is 0.372 e. The van der Waals surface area contributed by atoms with Gasteiger partial charge in [0.1, 0.15) is 5.52 Å². The summed E-state index contributed by atoms with van der Waals surface area (Å²) in [6.45, 7) is 7.89. The molecule has 0 saturated heterocycles. The highest BCUT2D eigenvalue weighted by Gasteiger charge is 2.26. The standard InChI is InChI=1S/C18H26N4O2/c1-12(24-18(2,3)4)11-15(23)21-17-20-14-9-6-10-19-16(14)22(17)13-7-5-8-13/h6,9-10,12-13H,5,7-8,11H2,1-4H3,(H,20,21,23)/t12-/m0/s1. The minimum atomic E-state index is -0.261. The van der Waals surface area contributed by atoms with Gasteiger partial charge < -0.3 is 4.74 Å². The minimum Gasteiger partial charge on any atom is -0.372 e. The third-order valence-corrected chi connectivity index (χ3v) is 4.17. The number of anilines is 1. The van der Waals surface area contributed by atoms with Gasteiger partial charge in [0, 0.05) is 12.2 Å².